The van der Waals surface area contributed by atoms with Gasteiger partial charge in [0.15, 0.2) is 0 Å². The first-order valence-electron chi connectivity index (χ1n) is 6.43. The Hall–Kier alpha value is -0.0400. The van der Waals surface area contributed by atoms with E-state index < -0.39 is 0 Å². The van der Waals surface area contributed by atoms with Gasteiger partial charge in [0.1, 0.15) is 0 Å². The van der Waals surface area contributed by atoms with Crippen LogP contribution in [0.15, 0.2) is 0 Å². The average molecular weight is 201 g/mol. The monoisotopic (exact) mass is 201 g/mol. The molecule has 1 unspecified atom stereocenters. The fourth-order valence-corrected chi connectivity index (χ4v) is 1.33. The third kappa shape index (κ3) is 8.55. The van der Waals surface area contributed by atoms with Gasteiger partial charge >= 0.3 is 0 Å². The van der Waals surface area contributed by atoms with E-state index in [1.54, 1.807) is 0 Å². The van der Waals surface area contributed by atoms with E-state index in [4.69, 9.17) is 0 Å². The number of rotatable bonds is 3. The fourth-order valence-electron chi connectivity index (χ4n) is 1.33. The number of nitrogens with one attached hydrogen (secondary N) is 1. The van der Waals surface area contributed by atoms with Gasteiger partial charge in [-0.25, -0.2) is 0 Å². The van der Waals surface area contributed by atoms with Gasteiger partial charge in [-0.3, -0.25) is 0 Å². The summed E-state index contributed by atoms with van der Waals surface area (Å²) in [5, 5.41) is 3.46. The largest absolute Gasteiger partial charge is 0.311 e. The Balaban J connectivity index is 0. The van der Waals surface area contributed by atoms with E-state index in [-0.39, 0.29) is 0 Å². The van der Waals surface area contributed by atoms with Gasteiger partial charge in [-0.05, 0) is 26.3 Å². The van der Waals surface area contributed by atoms with Gasteiger partial charge in [0.05, 0.1) is 0 Å². The maximum absolute atomic E-state index is 3.46. The van der Waals surface area contributed by atoms with Gasteiger partial charge in [0, 0.05) is 5.54 Å². The number of hydrogen-bond donors (Lipinski definition) is 1. The summed E-state index contributed by atoms with van der Waals surface area (Å²) in [6.45, 7) is 14.1. The third-order valence-electron chi connectivity index (χ3n) is 2.31. The second kappa shape index (κ2) is 11.0. The van der Waals surface area contributed by atoms with Gasteiger partial charge < -0.3 is 5.32 Å². The first-order chi connectivity index (χ1) is 6.68. The summed E-state index contributed by atoms with van der Waals surface area (Å²) in [7, 11) is 0. The fraction of sp³-hybridized carbons (Fsp3) is 1.00. The molecular weight excluding hydrogens is 170 g/mol. The lowest BCUT2D eigenvalue weighted by atomic mass is 9.85. The third-order valence-corrected chi connectivity index (χ3v) is 2.31. The van der Waals surface area contributed by atoms with Crippen LogP contribution in [0.25, 0.3) is 0 Å². The molecule has 1 heterocycles. The molecule has 1 rings (SSSR count). The Labute approximate surface area is 91.7 Å². The van der Waals surface area contributed by atoms with Gasteiger partial charge in [-0.2, -0.15) is 0 Å². The molecule has 14 heavy (non-hydrogen) atoms. The van der Waals surface area contributed by atoms with Crippen molar-refractivity contribution < 1.29 is 0 Å². The summed E-state index contributed by atoms with van der Waals surface area (Å²) in [6.07, 6.45) is 6.71. The molecule has 1 saturated heterocycles. The lowest BCUT2D eigenvalue weighted by Gasteiger charge is -2.40. The van der Waals surface area contributed by atoms with Crippen molar-refractivity contribution in [1.82, 2.24) is 5.32 Å². The molecule has 1 N–H and O–H groups in total. The van der Waals surface area contributed by atoms with Crippen LogP contribution >= 0.6 is 0 Å². The highest BCUT2D eigenvalue weighted by Gasteiger charge is 2.29. The zero-order valence-electron chi connectivity index (χ0n) is 11.2. The smallest absolute Gasteiger partial charge is 0.0165 e. The summed E-state index contributed by atoms with van der Waals surface area (Å²) in [5.41, 5.74) is 0.524. The van der Waals surface area contributed by atoms with E-state index in [9.17, 15) is 0 Å². The summed E-state index contributed by atoms with van der Waals surface area (Å²) < 4.78 is 0. The highest BCUT2D eigenvalue weighted by Crippen LogP contribution is 2.23. The Bertz CT molecular complexity index is 95.4. The molecule has 1 fully saturated rings. The standard InChI is InChI=1S/C8H17N.C3H8.C2H6/c1-3-4-5-8(2)6-7-9-8;1-3-2;1-2/h9H,3-7H2,1-2H3;3H2,1-2H3;1-2H3. The van der Waals surface area contributed by atoms with Crippen molar-refractivity contribution in [3.8, 4) is 0 Å². The summed E-state index contributed by atoms with van der Waals surface area (Å²) in [5.74, 6) is 0. The van der Waals surface area contributed by atoms with Crippen LogP contribution in [-0.2, 0) is 0 Å². The minimum Gasteiger partial charge on any atom is -0.311 e. The van der Waals surface area contributed by atoms with Crippen LogP contribution in [0, 0.1) is 0 Å². The maximum Gasteiger partial charge on any atom is 0.0165 e. The molecule has 1 atom stereocenters. The van der Waals surface area contributed by atoms with E-state index in [0.29, 0.717) is 5.54 Å². The predicted octanol–water partition coefficient (Wildman–Crippen LogP) is 4.37. The van der Waals surface area contributed by atoms with Crippen molar-refractivity contribution in [2.75, 3.05) is 6.54 Å². The van der Waals surface area contributed by atoms with Crippen LogP contribution in [-0.4, -0.2) is 12.1 Å². The SMILES string of the molecule is CC.CCC.CCCCC1(C)CCN1. The van der Waals surface area contributed by atoms with Gasteiger partial charge in [-0.15, -0.1) is 0 Å². The molecule has 1 heteroatoms. The molecule has 0 aliphatic carbocycles. The molecule has 0 aromatic heterocycles. The summed E-state index contributed by atoms with van der Waals surface area (Å²) in [4.78, 5) is 0. The zero-order chi connectivity index (χ0) is 11.4. The van der Waals surface area contributed by atoms with Crippen molar-refractivity contribution in [1.29, 1.82) is 0 Å². The average Bonchev–Trinajstić information content (AvgIpc) is 2.16. The topological polar surface area (TPSA) is 12.0 Å². The normalized spacial score (nSPS) is 23.6. The second-order valence-electron chi connectivity index (χ2n) is 4.05. The molecule has 88 valence electrons. The highest BCUT2D eigenvalue weighted by atomic mass is 15.0. The quantitative estimate of drug-likeness (QED) is 0.715. The molecule has 0 amide bonds. The van der Waals surface area contributed by atoms with Crippen LogP contribution < -0.4 is 5.32 Å². The van der Waals surface area contributed by atoms with Gasteiger partial charge in [0.2, 0.25) is 0 Å². The molecule has 1 aliphatic heterocycles. The van der Waals surface area contributed by atoms with Crippen LogP contribution in [0.5, 0.6) is 0 Å². The first-order valence-corrected chi connectivity index (χ1v) is 6.43. The highest BCUT2D eigenvalue weighted by molar-refractivity contribution is 4.91. The van der Waals surface area contributed by atoms with Crippen molar-refractivity contribution in [2.24, 2.45) is 0 Å². The van der Waals surface area contributed by atoms with Crippen LogP contribution in [0.1, 0.15) is 73.6 Å². The zero-order valence-corrected chi connectivity index (χ0v) is 11.2. The molecule has 0 radical (unpaired) electrons. The number of unbranched alkanes of at least 4 members (excludes halogenated alkanes) is 1. The second-order valence-corrected chi connectivity index (χ2v) is 4.05. The molecule has 1 aliphatic rings. The van der Waals surface area contributed by atoms with Crippen molar-refractivity contribution in [2.45, 2.75) is 79.2 Å². The molecule has 0 saturated carbocycles. The van der Waals surface area contributed by atoms with Crippen molar-refractivity contribution >= 4 is 0 Å². The van der Waals surface area contributed by atoms with E-state index in [2.05, 4.69) is 33.0 Å². The molecule has 0 bridgehead atoms. The van der Waals surface area contributed by atoms with E-state index in [1.807, 2.05) is 13.8 Å². The van der Waals surface area contributed by atoms with Crippen LogP contribution in [0.2, 0.25) is 0 Å². The Kier molecular flexibility index (Phi) is 12.9. The first kappa shape index (κ1) is 16.4. The number of hydrogen-bond acceptors (Lipinski definition) is 1. The minimum absolute atomic E-state index is 0.524. The van der Waals surface area contributed by atoms with Crippen LogP contribution in [0.3, 0.4) is 0 Å². The lowest BCUT2D eigenvalue weighted by molar-refractivity contribution is 0.211. The molecule has 1 nitrogen and oxygen atoms in total. The predicted molar refractivity (Wildman–Crippen MR) is 67.9 cm³/mol. The van der Waals surface area contributed by atoms with E-state index in [1.165, 1.54) is 38.6 Å². The molecule has 0 spiro atoms. The molecule has 0 aromatic rings. The van der Waals surface area contributed by atoms with Crippen molar-refractivity contribution in [3.05, 3.63) is 0 Å². The van der Waals surface area contributed by atoms with E-state index in [0.717, 1.165) is 0 Å². The summed E-state index contributed by atoms with van der Waals surface area (Å²) in [6, 6.07) is 0. The molecular formula is C13H31N. The van der Waals surface area contributed by atoms with Crippen LogP contribution in [0.4, 0.5) is 0 Å². The lowest BCUT2D eigenvalue weighted by Crippen LogP contribution is -2.54. The Morgan fingerprint density at radius 1 is 1.14 bits per heavy atom. The minimum atomic E-state index is 0.524. The van der Waals surface area contributed by atoms with E-state index >= 15 is 0 Å². The molecule has 0 aromatic carbocycles. The Morgan fingerprint density at radius 2 is 1.57 bits per heavy atom. The maximum atomic E-state index is 3.46. The van der Waals surface area contributed by atoms with Crippen molar-refractivity contribution in [3.63, 3.8) is 0 Å². The summed E-state index contributed by atoms with van der Waals surface area (Å²) >= 11 is 0. The Morgan fingerprint density at radius 3 is 1.79 bits per heavy atom. The van der Waals surface area contributed by atoms with Gasteiger partial charge in [0.25, 0.3) is 0 Å². The van der Waals surface area contributed by atoms with Gasteiger partial charge in [-0.1, -0.05) is 53.9 Å².